The third-order valence-corrected chi connectivity index (χ3v) is 4.11. The largest absolute Gasteiger partial charge is 0.493 e. The Morgan fingerprint density at radius 3 is 2.95 bits per heavy atom. The topological polar surface area (TPSA) is 41.6 Å². The summed E-state index contributed by atoms with van der Waals surface area (Å²) in [5.41, 5.74) is 2.27. The highest BCUT2D eigenvalue weighted by Gasteiger charge is 2.20. The van der Waals surface area contributed by atoms with E-state index in [9.17, 15) is 4.79 Å². The summed E-state index contributed by atoms with van der Waals surface area (Å²) in [6.45, 7) is 3.01. The molecule has 0 spiro atoms. The fourth-order valence-electron chi connectivity index (χ4n) is 2.68. The van der Waals surface area contributed by atoms with Crippen LogP contribution in [0, 0.1) is 0 Å². The smallest absolute Gasteiger partial charge is 0.317 e. The summed E-state index contributed by atoms with van der Waals surface area (Å²) in [5, 5.41) is 2.98. The van der Waals surface area contributed by atoms with Crippen LogP contribution in [0.15, 0.2) is 16.6 Å². The van der Waals surface area contributed by atoms with Crippen molar-refractivity contribution in [1.29, 1.82) is 0 Å². The van der Waals surface area contributed by atoms with Gasteiger partial charge in [-0.2, -0.15) is 0 Å². The quantitative estimate of drug-likeness (QED) is 0.908. The highest BCUT2D eigenvalue weighted by molar-refractivity contribution is 9.10. The first kappa shape index (κ1) is 12.8. The molecule has 1 fully saturated rings. The van der Waals surface area contributed by atoms with E-state index in [2.05, 4.69) is 27.3 Å². The zero-order chi connectivity index (χ0) is 13.2. The lowest BCUT2D eigenvalue weighted by Crippen LogP contribution is -2.37. The van der Waals surface area contributed by atoms with Gasteiger partial charge in [0.1, 0.15) is 5.75 Å². The molecule has 102 valence electrons. The molecule has 0 aliphatic carbocycles. The van der Waals surface area contributed by atoms with Gasteiger partial charge in [-0.15, -0.1) is 0 Å². The fourth-order valence-corrected chi connectivity index (χ4v) is 3.23. The van der Waals surface area contributed by atoms with E-state index in [1.54, 1.807) is 0 Å². The Morgan fingerprint density at radius 2 is 2.16 bits per heavy atom. The van der Waals surface area contributed by atoms with E-state index in [4.69, 9.17) is 4.74 Å². The Bertz CT molecular complexity index is 498. The number of urea groups is 1. The van der Waals surface area contributed by atoms with Crippen LogP contribution in [-0.2, 0) is 13.0 Å². The highest BCUT2D eigenvalue weighted by atomic mass is 79.9. The number of hydrogen-bond donors (Lipinski definition) is 1. The van der Waals surface area contributed by atoms with Crippen molar-refractivity contribution in [3.8, 4) is 5.75 Å². The number of likely N-dealkylation sites (tertiary alicyclic amines) is 1. The first-order valence-corrected chi connectivity index (χ1v) is 7.50. The van der Waals surface area contributed by atoms with Gasteiger partial charge in [0, 0.05) is 36.1 Å². The van der Waals surface area contributed by atoms with E-state index in [1.165, 1.54) is 5.56 Å². The minimum Gasteiger partial charge on any atom is -0.493 e. The third kappa shape index (κ3) is 2.71. The minimum atomic E-state index is 0.0317. The Kier molecular flexibility index (Phi) is 3.64. The van der Waals surface area contributed by atoms with Gasteiger partial charge in [0.15, 0.2) is 0 Å². The maximum absolute atomic E-state index is 12.0. The van der Waals surface area contributed by atoms with Crippen molar-refractivity contribution in [2.45, 2.75) is 25.8 Å². The van der Waals surface area contributed by atoms with Crippen LogP contribution >= 0.6 is 15.9 Å². The minimum absolute atomic E-state index is 0.0317. The summed E-state index contributed by atoms with van der Waals surface area (Å²) in [7, 11) is 0. The lowest BCUT2D eigenvalue weighted by molar-refractivity contribution is 0.208. The maximum Gasteiger partial charge on any atom is 0.317 e. The van der Waals surface area contributed by atoms with Gasteiger partial charge >= 0.3 is 6.03 Å². The molecule has 1 saturated heterocycles. The average molecular weight is 325 g/mol. The number of carbonyl (C=O) groups is 1. The molecular weight excluding hydrogens is 308 g/mol. The molecule has 0 atom stereocenters. The van der Waals surface area contributed by atoms with E-state index in [1.807, 2.05) is 11.0 Å². The Morgan fingerprint density at radius 1 is 1.37 bits per heavy atom. The molecule has 1 N–H and O–H groups in total. The van der Waals surface area contributed by atoms with Crippen molar-refractivity contribution in [3.63, 3.8) is 0 Å². The number of rotatable bonds is 2. The number of nitrogens with one attached hydrogen (secondary N) is 1. The van der Waals surface area contributed by atoms with Crippen molar-refractivity contribution in [1.82, 2.24) is 10.2 Å². The molecule has 0 aromatic heterocycles. The number of benzene rings is 1. The second kappa shape index (κ2) is 5.41. The second-order valence-corrected chi connectivity index (χ2v) is 5.92. The maximum atomic E-state index is 12.0. The first-order chi connectivity index (χ1) is 9.24. The van der Waals surface area contributed by atoms with Crippen LogP contribution in [0.5, 0.6) is 5.75 Å². The van der Waals surface area contributed by atoms with Crippen LogP contribution < -0.4 is 10.1 Å². The molecule has 1 aromatic carbocycles. The molecular formula is C14H17BrN2O2. The molecule has 3 rings (SSSR count). The molecule has 2 aliphatic heterocycles. The molecule has 4 nitrogen and oxygen atoms in total. The van der Waals surface area contributed by atoms with Crippen LogP contribution in [0.3, 0.4) is 0 Å². The normalized spacial score (nSPS) is 17.2. The molecule has 5 heteroatoms. The Balaban J connectivity index is 1.68. The summed E-state index contributed by atoms with van der Waals surface area (Å²) in [6.07, 6.45) is 3.17. The molecule has 2 heterocycles. The van der Waals surface area contributed by atoms with E-state index in [0.717, 1.165) is 54.7 Å². The van der Waals surface area contributed by atoms with Crippen molar-refractivity contribution in [3.05, 3.63) is 27.7 Å². The van der Waals surface area contributed by atoms with Gasteiger partial charge in [0.2, 0.25) is 0 Å². The van der Waals surface area contributed by atoms with Crippen molar-refractivity contribution in [2.24, 2.45) is 0 Å². The third-order valence-electron chi connectivity index (χ3n) is 3.65. The van der Waals surface area contributed by atoms with Gasteiger partial charge in [-0.3, -0.25) is 0 Å². The SMILES string of the molecule is O=C(NCc1cc(Br)cc2c1OCC2)N1CCCC1. The molecule has 1 aromatic rings. The summed E-state index contributed by atoms with van der Waals surface area (Å²) in [5.74, 6) is 0.949. The van der Waals surface area contributed by atoms with Crippen LogP contribution in [0.4, 0.5) is 4.79 Å². The van der Waals surface area contributed by atoms with E-state index in [0.29, 0.717) is 6.54 Å². The van der Waals surface area contributed by atoms with Crippen molar-refractivity contribution < 1.29 is 9.53 Å². The summed E-state index contributed by atoms with van der Waals surface area (Å²) < 4.78 is 6.70. The number of nitrogens with zero attached hydrogens (tertiary/aromatic N) is 1. The lowest BCUT2D eigenvalue weighted by atomic mass is 10.1. The molecule has 0 saturated carbocycles. The van der Waals surface area contributed by atoms with Gasteiger partial charge < -0.3 is 15.0 Å². The van der Waals surface area contributed by atoms with Gasteiger partial charge in [-0.25, -0.2) is 4.79 Å². The van der Waals surface area contributed by atoms with Gasteiger partial charge in [-0.05, 0) is 30.5 Å². The molecule has 2 aliphatic rings. The second-order valence-electron chi connectivity index (χ2n) is 5.00. The Hall–Kier alpha value is -1.23. The van der Waals surface area contributed by atoms with E-state index < -0.39 is 0 Å². The number of ether oxygens (including phenoxy) is 1. The highest BCUT2D eigenvalue weighted by Crippen LogP contribution is 2.32. The van der Waals surface area contributed by atoms with Gasteiger partial charge in [0.25, 0.3) is 0 Å². The number of carbonyl (C=O) groups excluding carboxylic acids is 1. The molecule has 2 amide bonds. The zero-order valence-corrected chi connectivity index (χ0v) is 12.3. The predicted octanol–water partition coefficient (Wildman–Crippen LogP) is 2.69. The predicted molar refractivity (Wildman–Crippen MR) is 76.4 cm³/mol. The van der Waals surface area contributed by atoms with Crippen molar-refractivity contribution in [2.75, 3.05) is 19.7 Å². The first-order valence-electron chi connectivity index (χ1n) is 6.71. The standard InChI is InChI=1S/C14H17BrN2O2/c15-12-7-10-3-6-19-13(10)11(8-12)9-16-14(18)17-4-1-2-5-17/h7-8H,1-6,9H2,(H,16,18). The number of hydrogen-bond acceptors (Lipinski definition) is 2. The number of halogens is 1. The van der Waals surface area contributed by atoms with Crippen LogP contribution in [-0.4, -0.2) is 30.6 Å². The van der Waals surface area contributed by atoms with E-state index in [-0.39, 0.29) is 6.03 Å². The Labute approximate surface area is 121 Å². The molecule has 0 bridgehead atoms. The van der Waals surface area contributed by atoms with Crippen LogP contribution in [0.1, 0.15) is 24.0 Å². The fraction of sp³-hybridized carbons (Fsp3) is 0.500. The van der Waals surface area contributed by atoms with Crippen LogP contribution in [0.25, 0.3) is 0 Å². The molecule has 0 radical (unpaired) electrons. The summed E-state index contributed by atoms with van der Waals surface area (Å²) in [4.78, 5) is 13.8. The van der Waals surface area contributed by atoms with Gasteiger partial charge in [-0.1, -0.05) is 15.9 Å². The monoisotopic (exact) mass is 324 g/mol. The lowest BCUT2D eigenvalue weighted by Gasteiger charge is -2.17. The molecule has 19 heavy (non-hydrogen) atoms. The summed E-state index contributed by atoms with van der Waals surface area (Å²) >= 11 is 3.51. The average Bonchev–Trinajstić information content (AvgIpc) is 3.05. The van der Waals surface area contributed by atoms with E-state index >= 15 is 0 Å². The number of amides is 2. The summed E-state index contributed by atoms with van der Waals surface area (Å²) in [6, 6.07) is 4.15. The van der Waals surface area contributed by atoms with Crippen LogP contribution in [0.2, 0.25) is 0 Å². The van der Waals surface area contributed by atoms with Gasteiger partial charge in [0.05, 0.1) is 6.61 Å². The van der Waals surface area contributed by atoms with Crippen molar-refractivity contribution >= 4 is 22.0 Å². The number of fused-ring (bicyclic) bond motifs is 1. The molecule has 0 unspecified atom stereocenters. The zero-order valence-electron chi connectivity index (χ0n) is 10.7.